The Morgan fingerprint density at radius 3 is 2.96 bits per heavy atom. The molecule has 0 radical (unpaired) electrons. The monoisotopic (exact) mass is 316 g/mol. The van der Waals surface area contributed by atoms with Gasteiger partial charge in [0.1, 0.15) is 5.82 Å². The number of piperidine rings is 1. The van der Waals surface area contributed by atoms with Gasteiger partial charge in [-0.25, -0.2) is 4.39 Å². The zero-order valence-corrected chi connectivity index (χ0v) is 13.6. The lowest BCUT2D eigenvalue weighted by Crippen LogP contribution is -2.40. The van der Waals surface area contributed by atoms with Gasteiger partial charge in [-0.1, -0.05) is 12.1 Å². The van der Waals surface area contributed by atoms with Gasteiger partial charge >= 0.3 is 0 Å². The van der Waals surface area contributed by atoms with Gasteiger partial charge in [0, 0.05) is 18.5 Å². The molecule has 0 aromatic heterocycles. The molecule has 124 valence electrons. The van der Waals surface area contributed by atoms with Gasteiger partial charge in [-0.3, -0.25) is 4.79 Å². The molecular formula is C19H25FN2O. The first kappa shape index (κ1) is 15.1. The minimum atomic E-state index is -0.186. The van der Waals surface area contributed by atoms with Crippen LogP contribution in [0.1, 0.15) is 37.7 Å². The van der Waals surface area contributed by atoms with E-state index in [4.69, 9.17) is 0 Å². The molecule has 3 fully saturated rings. The SMILES string of the molecule is O=C(C1CC12CCNCC2)N1CCCC1Cc1cccc(F)c1. The summed E-state index contributed by atoms with van der Waals surface area (Å²) in [6.07, 6.45) is 6.27. The normalized spacial score (nSPS) is 29.0. The first-order chi connectivity index (χ1) is 11.2. The number of nitrogens with zero attached hydrogens (tertiary/aromatic N) is 1. The quantitative estimate of drug-likeness (QED) is 0.930. The molecule has 2 atom stereocenters. The molecule has 2 unspecified atom stereocenters. The van der Waals surface area contributed by atoms with Crippen molar-refractivity contribution in [2.75, 3.05) is 19.6 Å². The smallest absolute Gasteiger partial charge is 0.226 e. The molecule has 4 heteroatoms. The zero-order valence-electron chi connectivity index (χ0n) is 13.6. The van der Waals surface area contributed by atoms with E-state index < -0.39 is 0 Å². The Bertz CT molecular complexity index is 597. The Morgan fingerprint density at radius 1 is 1.35 bits per heavy atom. The van der Waals surface area contributed by atoms with Crippen LogP contribution in [0.5, 0.6) is 0 Å². The van der Waals surface area contributed by atoms with Crippen molar-refractivity contribution in [1.82, 2.24) is 10.2 Å². The molecule has 2 heterocycles. The maximum Gasteiger partial charge on any atom is 0.226 e. The van der Waals surface area contributed by atoms with Crippen LogP contribution >= 0.6 is 0 Å². The van der Waals surface area contributed by atoms with E-state index in [9.17, 15) is 9.18 Å². The molecule has 1 spiro atoms. The molecule has 1 saturated carbocycles. The number of amides is 1. The fourth-order valence-corrected chi connectivity index (χ4v) is 4.65. The minimum Gasteiger partial charge on any atom is -0.339 e. The van der Waals surface area contributed by atoms with Crippen LogP contribution in [0, 0.1) is 17.2 Å². The van der Waals surface area contributed by atoms with Gasteiger partial charge < -0.3 is 10.2 Å². The Kier molecular flexibility index (Phi) is 3.88. The molecular weight excluding hydrogens is 291 g/mol. The van der Waals surface area contributed by atoms with E-state index in [0.29, 0.717) is 11.3 Å². The van der Waals surface area contributed by atoms with Gasteiger partial charge in [0.15, 0.2) is 0 Å². The van der Waals surface area contributed by atoms with E-state index in [2.05, 4.69) is 10.2 Å². The highest BCUT2D eigenvalue weighted by Crippen LogP contribution is 2.59. The number of carbonyl (C=O) groups excluding carboxylic acids is 1. The Balaban J connectivity index is 1.42. The van der Waals surface area contributed by atoms with Crippen LogP contribution in [-0.4, -0.2) is 36.5 Å². The van der Waals surface area contributed by atoms with Crippen molar-refractivity contribution in [3.8, 4) is 0 Å². The maximum absolute atomic E-state index is 13.4. The van der Waals surface area contributed by atoms with Crippen molar-refractivity contribution >= 4 is 5.91 Å². The van der Waals surface area contributed by atoms with Crippen LogP contribution in [0.15, 0.2) is 24.3 Å². The number of carbonyl (C=O) groups is 1. The molecule has 1 aromatic carbocycles. The average Bonchev–Trinajstić information content (AvgIpc) is 3.03. The Labute approximate surface area is 137 Å². The highest BCUT2D eigenvalue weighted by molar-refractivity contribution is 5.83. The lowest BCUT2D eigenvalue weighted by Gasteiger charge is -2.28. The van der Waals surface area contributed by atoms with E-state index in [0.717, 1.165) is 63.7 Å². The molecule has 2 aliphatic heterocycles. The number of rotatable bonds is 3. The van der Waals surface area contributed by atoms with Crippen molar-refractivity contribution in [2.45, 2.75) is 44.6 Å². The van der Waals surface area contributed by atoms with Crippen molar-refractivity contribution in [2.24, 2.45) is 11.3 Å². The number of benzene rings is 1. The molecule has 1 N–H and O–H groups in total. The first-order valence-corrected chi connectivity index (χ1v) is 8.94. The third-order valence-electron chi connectivity index (χ3n) is 6.11. The van der Waals surface area contributed by atoms with E-state index in [1.165, 1.54) is 6.07 Å². The number of hydrogen-bond donors (Lipinski definition) is 1. The molecule has 0 bridgehead atoms. The summed E-state index contributed by atoms with van der Waals surface area (Å²) < 4.78 is 13.4. The maximum atomic E-state index is 13.4. The van der Waals surface area contributed by atoms with Crippen LogP contribution in [-0.2, 0) is 11.2 Å². The third kappa shape index (κ3) is 2.89. The third-order valence-corrected chi connectivity index (χ3v) is 6.11. The van der Waals surface area contributed by atoms with Crippen molar-refractivity contribution in [3.63, 3.8) is 0 Å². The van der Waals surface area contributed by atoms with Crippen LogP contribution in [0.2, 0.25) is 0 Å². The van der Waals surface area contributed by atoms with E-state index >= 15 is 0 Å². The number of nitrogens with one attached hydrogen (secondary N) is 1. The number of hydrogen-bond acceptors (Lipinski definition) is 2. The molecule has 4 rings (SSSR count). The number of likely N-dealkylation sites (tertiary alicyclic amines) is 1. The lowest BCUT2D eigenvalue weighted by atomic mass is 9.91. The predicted molar refractivity (Wildman–Crippen MR) is 87.5 cm³/mol. The van der Waals surface area contributed by atoms with Crippen molar-refractivity contribution in [3.05, 3.63) is 35.6 Å². The summed E-state index contributed by atoms with van der Waals surface area (Å²) in [6.45, 7) is 2.98. The van der Waals surface area contributed by atoms with E-state index in [-0.39, 0.29) is 17.8 Å². The molecule has 23 heavy (non-hydrogen) atoms. The zero-order chi connectivity index (χ0) is 15.9. The number of halogens is 1. The van der Waals surface area contributed by atoms with Gasteiger partial charge in [0.05, 0.1) is 0 Å². The summed E-state index contributed by atoms with van der Waals surface area (Å²) in [6, 6.07) is 7.06. The van der Waals surface area contributed by atoms with Gasteiger partial charge in [-0.2, -0.15) is 0 Å². The molecule has 1 aliphatic carbocycles. The summed E-state index contributed by atoms with van der Waals surface area (Å²) in [4.78, 5) is 15.1. The molecule has 1 amide bonds. The summed E-state index contributed by atoms with van der Waals surface area (Å²) >= 11 is 0. The summed E-state index contributed by atoms with van der Waals surface area (Å²) in [5.74, 6) is 0.428. The Morgan fingerprint density at radius 2 is 2.17 bits per heavy atom. The fourth-order valence-electron chi connectivity index (χ4n) is 4.65. The van der Waals surface area contributed by atoms with Gasteiger partial charge in [0.25, 0.3) is 0 Å². The molecule has 3 aliphatic rings. The predicted octanol–water partition coefficient (Wildman–Crippen LogP) is 2.75. The van der Waals surface area contributed by atoms with Crippen LogP contribution in [0.3, 0.4) is 0 Å². The largest absolute Gasteiger partial charge is 0.339 e. The minimum absolute atomic E-state index is 0.186. The molecule has 3 nitrogen and oxygen atoms in total. The highest BCUT2D eigenvalue weighted by Gasteiger charge is 2.59. The van der Waals surface area contributed by atoms with E-state index in [1.807, 2.05) is 6.07 Å². The standard InChI is InChI=1S/C19H25FN2O/c20-15-4-1-3-14(11-15)12-16-5-2-10-22(16)18(23)17-13-19(17)6-8-21-9-7-19/h1,3-4,11,16-17,21H,2,5-10,12-13H2. The van der Waals surface area contributed by atoms with Gasteiger partial charge in [-0.15, -0.1) is 0 Å². The van der Waals surface area contributed by atoms with Crippen molar-refractivity contribution < 1.29 is 9.18 Å². The average molecular weight is 316 g/mol. The summed E-state index contributed by atoms with van der Waals surface area (Å²) in [5.41, 5.74) is 1.30. The van der Waals surface area contributed by atoms with Crippen LogP contribution in [0.25, 0.3) is 0 Å². The lowest BCUT2D eigenvalue weighted by molar-refractivity contribution is -0.134. The second kappa shape index (κ2) is 5.90. The summed E-state index contributed by atoms with van der Waals surface area (Å²) in [7, 11) is 0. The van der Waals surface area contributed by atoms with Gasteiger partial charge in [0.2, 0.25) is 5.91 Å². The topological polar surface area (TPSA) is 32.3 Å². The molecule has 2 saturated heterocycles. The Hall–Kier alpha value is -1.42. The second-order valence-electron chi connectivity index (χ2n) is 7.53. The van der Waals surface area contributed by atoms with Crippen LogP contribution in [0.4, 0.5) is 4.39 Å². The second-order valence-corrected chi connectivity index (χ2v) is 7.53. The van der Waals surface area contributed by atoms with Crippen LogP contribution < -0.4 is 5.32 Å². The summed E-state index contributed by atoms with van der Waals surface area (Å²) in [5, 5.41) is 3.40. The first-order valence-electron chi connectivity index (χ1n) is 8.94. The van der Waals surface area contributed by atoms with Gasteiger partial charge in [-0.05, 0) is 74.7 Å². The highest BCUT2D eigenvalue weighted by atomic mass is 19.1. The van der Waals surface area contributed by atoms with E-state index in [1.54, 1.807) is 12.1 Å². The fraction of sp³-hybridized carbons (Fsp3) is 0.632. The van der Waals surface area contributed by atoms with Crippen molar-refractivity contribution in [1.29, 1.82) is 0 Å². The molecule has 1 aromatic rings.